The summed E-state index contributed by atoms with van der Waals surface area (Å²) in [5, 5.41) is 44.4. The summed E-state index contributed by atoms with van der Waals surface area (Å²) in [6.07, 6.45) is 8.37. The lowest BCUT2D eigenvalue weighted by Gasteiger charge is -2.64. The average Bonchev–Trinajstić information content (AvgIpc) is 3.08. The quantitative estimate of drug-likeness (QED) is 0.449. The first kappa shape index (κ1) is 24.4. The standard InChI is InChI=1S/C28H46O4/c1-17(2)18(3)6-7-19(4)22-8-9-23-25-24(31)15-20-14-21(30)10-11-27(20,16-29)28(25,32)13-12-26(22,23)5/h15,17,19,21-25,29-32H,3,6-14,16H2,1-2,4-5H3. The molecule has 4 aliphatic rings. The highest BCUT2D eigenvalue weighted by Crippen LogP contribution is 2.68. The Balaban J connectivity index is 1.61. The highest BCUT2D eigenvalue weighted by atomic mass is 16.3. The van der Waals surface area contributed by atoms with Gasteiger partial charge in [0, 0.05) is 11.3 Å². The van der Waals surface area contributed by atoms with Crippen molar-refractivity contribution in [2.45, 2.75) is 103 Å². The van der Waals surface area contributed by atoms with Crippen LogP contribution in [-0.4, -0.2) is 44.8 Å². The number of fused-ring (bicyclic) bond motifs is 5. The lowest BCUT2D eigenvalue weighted by molar-refractivity contribution is -0.226. The van der Waals surface area contributed by atoms with E-state index in [9.17, 15) is 20.4 Å². The molecule has 0 aliphatic heterocycles. The van der Waals surface area contributed by atoms with Crippen LogP contribution in [0, 0.1) is 40.4 Å². The van der Waals surface area contributed by atoms with Gasteiger partial charge in [-0.2, -0.15) is 0 Å². The first-order valence-electron chi connectivity index (χ1n) is 13.1. The predicted octanol–water partition coefficient (Wildman–Crippen LogP) is 4.61. The second-order valence-electron chi connectivity index (χ2n) is 12.4. The molecule has 4 heteroatoms. The largest absolute Gasteiger partial charge is 0.395 e. The molecule has 4 aliphatic carbocycles. The number of hydrogen-bond acceptors (Lipinski definition) is 4. The third-order valence-corrected chi connectivity index (χ3v) is 10.7. The van der Waals surface area contributed by atoms with Gasteiger partial charge in [0.2, 0.25) is 0 Å². The van der Waals surface area contributed by atoms with Gasteiger partial charge in [0.05, 0.1) is 24.4 Å². The molecule has 0 aromatic rings. The molecule has 0 saturated heterocycles. The van der Waals surface area contributed by atoms with Crippen LogP contribution in [0.4, 0.5) is 0 Å². The highest BCUT2D eigenvalue weighted by molar-refractivity contribution is 5.34. The van der Waals surface area contributed by atoms with Gasteiger partial charge in [-0.25, -0.2) is 0 Å². The van der Waals surface area contributed by atoms with E-state index in [0.717, 1.165) is 37.7 Å². The fourth-order valence-electron chi connectivity index (χ4n) is 8.60. The molecule has 4 N–H and O–H groups in total. The summed E-state index contributed by atoms with van der Waals surface area (Å²) in [4.78, 5) is 0. The van der Waals surface area contributed by atoms with Gasteiger partial charge in [-0.1, -0.05) is 51.5 Å². The van der Waals surface area contributed by atoms with Gasteiger partial charge in [-0.05, 0) is 86.9 Å². The summed E-state index contributed by atoms with van der Waals surface area (Å²) in [5.74, 6) is 1.73. The molecule has 4 rings (SSSR count). The van der Waals surface area contributed by atoms with E-state index in [1.807, 2.05) is 6.08 Å². The molecule has 9 atom stereocenters. The molecule has 0 aromatic heterocycles. The molecule has 0 radical (unpaired) electrons. The Bertz CT molecular complexity index is 759. The van der Waals surface area contributed by atoms with Crippen molar-refractivity contribution < 1.29 is 20.4 Å². The second kappa shape index (κ2) is 8.52. The van der Waals surface area contributed by atoms with Crippen molar-refractivity contribution in [3.63, 3.8) is 0 Å². The Labute approximate surface area is 194 Å². The number of rotatable bonds is 6. The van der Waals surface area contributed by atoms with Crippen molar-refractivity contribution in [2.24, 2.45) is 40.4 Å². The molecule has 9 unspecified atom stereocenters. The number of allylic oxidation sites excluding steroid dienone is 1. The molecule has 3 saturated carbocycles. The van der Waals surface area contributed by atoms with Gasteiger partial charge in [-0.15, -0.1) is 0 Å². The summed E-state index contributed by atoms with van der Waals surface area (Å²) >= 11 is 0. The topological polar surface area (TPSA) is 80.9 Å². The predicted molar refractivity (Wildman–Crippen MR) is 128 cm³/mol. The van der Waals surface area contributed by atoms with E-state index in [-0.39, 0.29) is 23.9 Å². The van der Waals surface area contributed by atoms with Gasteiger partial charge in [0.25, 0.3) is 0 Å². The van der Waals surface area contributed by atoms with Gasteiger partial charge < -0.3 is 20.4 Å². The molecule has 0 spiro atoms. The highest BCUT2D eigenvalue weighted by Gasteiger charge is 2.68. The fraction of sp³-hybridized carbons (Fsp3) is 0.857. The van der Waals surface area contributed by atoms with Crippen LogP contribution in [0.25, 0.3) is 0 Å². The minimum Gasteiger partial charge on any atom is -0.395 e. The summed E-state index contributed by atoms with van der Waals surface area (Å²) in [5.41, 5.74) is 0.505. The van der Waals surface area contributed by atoms with Crippen LogP contribution in [0.1, 0.15) is 85.5 Å². The molecular formula is C28H46O4. The third-order valence-electron chi connectivity index (χ3n) is 10.7. The number of aliphatic hydroxyl groups excluding tert-OH is 3. The Morgan fingerprint density at radius 2 is 1.84 bits per heavy atom. The lowest BCUT2D eigenvalue weighted by atomic mass is 9.43. The molecule has 182 valence electrons. The Kier molecular flexibility index (Phi) is 6.51. The van der Waals surface area contributed by atoms with Gasteiger partial charge in [0.15, 0.2) is 0 Å². The zero-order chi connectivity index (χ0) is 23.5. The molecule has 0 bridgehead atoms. The van der Waals surface area contributed by atoms with Crippen molar-refractivity contribution in [2.75, 3.05) is 6.61 Å². The van der Waals surface area contributed by atoms with Crippen LogP contribution >= 0.6 is 0 Å². The SMILES string of the molecule is C=C(CCC(C)C1CCC2C3C(O)C=C4CC(O)CCC4(CO)C3(O)CCC12C)C(C)C. The van der Waals surface area contributed by atoms with Crippen molar-refractivity contribution in [3.05, 3.63) is 23.8 Å². The van der Waals surface area contributed by atoms with Crippen molar-refractivity contribution >= 4 is 0 Å². The molecule has 32 heavy (non-hydrogen) atoms. The third kappa shape index (κ3) is 3.47. The van der Waals surface area contributed by atoms with Crippen LogP contribution in [0.2, 0.25) is 0 Å². The fourth-order valence-corrected chi connectivity index (χ4v) is 8.60. The monoisotopic (exact) mass is 446 g/mol. The minimum absolute atomic E-state index is 0.104. The van der Waals surface area contributed by atoms with Crippen LogP contribution in [0.3, 0.4) is 0 Å². The second-order valence-corrected chi connectivity index (χ2v) is 12.4. The normalized spacial score (nSPS) is 46.8. The van der Waals surface area contributed by atoms with Crippen LogP contribution in [-0.2, 0) is 0 Å². The van der Waals surface area contributed by atoms with E-state index < -0.39 is 23.2 Å². The maximum absolute atomic E-state index is 12.3. The van der Waals surface area contributed by atoms with Crippen molar-refractivity contribution in [3.8, 4) is 0 Å². The summed E-state index contributed by atoms with van der Waals surface area (Å²) in [7, 11) is 0. The van der Waals surface area contributed by atoms with Gasteiger partial charge in [0.1, 0.15) is 0 Å². The average molecular weight is 447 g/mol. The number of aliphatic hydroxyl groups is 4. The molecular weight excluding hydrogens is 400 g/mol. The van der Waals surface area contributed by atoms with E-state index in [0.29, 0.717) is 43.4 Å². The molecule has 0 aromatic carbocycles. The summed E-state index contributed by atoms with van der Waals surface area (Å²) in [6, 6.07) is 0. The lowest BCUT2D eigenvalue weighted by Crippen LogP contribution is -2.68. The maximum atomic E-state index is 12.3. The van der Waals surface area contributed by atoms with E-state index in [2.05, 4.69) is 34.3 Å². The van der Waals surface area contributed by atoms with E-state index >= 15 is 0 Å². The van der Waals surface area contributed by atoms with Gasteiger partial charge >= 0.3 is 0 Å². The minimum atomic E-state index is -1.10. The van der Waals surface area contributed by atoms with Gasteiger partial charge in [-0.3, -0.25) is 0 Å². The number of hydrogen-bond donors (Lipinski definition) is 4. The smallest absolute Gasteiger partial charge is 0.0821 e. The Hall–Kier alpha value is -0.680. The van der Waals surface area contributed by atoms with Crippen LogP contribution in [0.5, 0.6) is 0 Å². The first-order valence-corrected chi connectivity index (χ1v) is 13.1. The van der Waals surface area contributed by atoms with Crippen LogP contribution < -0.4 is 0 Å². The van der Waals surface area contributed by atoms with Crippen LogP contribution in [0.15, 0.2) is 23.8 Å². The van der Waals surface area contributed by atoms with E-state index in [1.54, 1.807) is 0 Å². The Morgan fingerprint density at radius 1 is 1.12 bits per heavy atom. The molecule has 3 fully saturated rings. The molecule has 0 amide bonds. The van der Waals surface area contributed by atoms with E-state index in [4.69, 9.17) is 0 Å². The zero-order valence-electron chi connectivity index (χ0n) is 20.7. The molecule has 0 heterocycles. The van der Waals surface area contributed by atoms with E-state index in [1.165, 1.54) is 5.57 Å². The summed E-state index contributed by atoms with van der Waals surface area (Å²) < 4.78 is 0. The molecule has 4 nitrogen and oxygen atoms in total. The van der Waals surface area contributed by atoms with Crippen molar-refractivity contribution in [1.29, 1.82) is 0 Å². The zero-order valence-corrected chi connectivity index (χ0v) is 20.7. The maximum Gasteiger partial charge on any atom is 0.0821 e. The Morgan fingerprint density at radius 3 is 2.50 bits per heavy atom. The van der Waals surface area contributed by atoms with Crippen molar-refractivity contribution in [1.82, 2.24) is 0 Å². The summed E-state index contributed by atoms with van der Waals surface area (Å²) in [6.45, 7) is 13.4. The first-order chi connectivity index (χ1) is 15.0.